The minimum Gasteiger partial charge on any atom is -0.448 e. The Kier molecular flexibility index (Phi) is 4.65. The summed E-state index contributed by atoms with van der Waals surface area (Å²) in [6.45, 7) is 5.42. The first-order valence-corrected chi connectivity index (χ1v) is 7.09. The summed E-state index contributed by atoms with van der Waals surface area (Å²) in [5, 5.41) is 2.79. The average Bonchev–Trinajstić information content (AvgIpc) is 2.89. The van der Waals surface area contributed by atoms with Gasteiger partial charge in [0.15, 0.2) is 6.10 Å². The number of anilines is 1. The van der Waals surface area contributed by atoms with Gasteiger partial charge in [0.25, 0.3) is 5.91 Å². The van der Waals surface area contributed by atoms with Gasteiger partial charge in [0, 0.05) is 18.9 Å². The molecule has 116 valence electrons. The van der Waals surface area contributed by atoms with Crippen molar-refractivity contribution in [1.29, 1.82) is 0 Å². The van der Waals surface area contributed by atoms with Gasteiger partial charge in [-0.25, -0.2) is 4.79 Å². The molecule has 0 aliphatic carbocycles. The van der Waals surface area contributed by atoms with Crippen LogP contribution in [0.1, 0.15) is 28.5 Å². The van der Waals surface area contributed by atoms with Crippen LogP contribution < -0.4 is 5.32 Å². The van der Waals surface area contributed by atoms with E-state index in [9.17, 15) is 9.59 Å². The zero-order chi connectivity index (χ0) is 16.3. The SMILES string of the molecule is Cc1ccc(C)c(NC(=O)[C@@H](C)OC(=O)c2cccn2C)c1. The van der Waals surface area contributed by atoms with Crippen molar-refractivity contribution in [3.05, 3.63) is 53.3 Å². The van der Waals surface area contributed by atoms with E-state index in [0.717, 1.165) is 16.8 Å². The van der Waals surface area contributed by atoms with Gasteiger partial charge in [0.1, 0.15) is 5.69 Å². The second-order valence-corrected chi connectivity index (χ2v) is 5.36. The Balaban J connectivity index is 2.02. The molecule has 0 saturated heterocycles. The molecule has 1 aromatic carbocycles. The highest BCUT2D eigenvalue weighted by molar-refractivity contribution is 5.97. The van der Waals surface area contributed by atoms with Crippen LogP contribution in [-0.4, -0.2) is 22.5 Å². The van der Waals surface area contributed by atoms with E-state index in [1.165, 1.54) is 0 Å². The van der Waals surface area contributed by atoms with E-state index in [1.807, 2.05) is 32.0 Å². The summed E-state index contributed by atoms with van der Waals surface area (Å²) in [5.41, 5.74) is 3.15. The van der Waals surface area contributed by atoms with Crippen LogP contribution >= 0.6 is 0 Å². The molecule has 1 aromatic heterocycles. The molecule has 5 heteroatoms. The van der Waals surface area contributed by atoms with E-state index in [4.69, 9.17) is 4.74 Å². The maximum atomic E-state index is 12.2. The smallest absolute Gasteiger partial charge is 0.355 e. The number of ether oxygens (including phenoxy) is 1. The first-order chi connectivity index (χ1) is 10.4. The third-order valence-electron chi connectivity index (χ3n) is 3.46. The van der Waals surface area contributed by atoms with Crippen LogP contribution in [0.3, 0.4) is 0 Å². The Hall–Kier alpha value is -2.56. The fraction of sp³-hybridized carbons (Fsp3) is 0.294. The van der Waals surface area contributed by atoms with Crippen LogP contribution in [0.25, 0.3) is 0 Å². The Morgan fingerprint density at radius 1 is 1.23 bits per heavy atom. The van der Waals surface area contributed by atoms with E-state index in [1.54, 1.807) is 36.9 Å². The fourth-order valence-corrected chi connectivity index (χ4v) is 2.05. The summed E-state index contributed by atoms with van der Waals surface area (Å²) < 4.78 is 6.86. The zero-order valence-electron chi connectivity index (χ0n) is 13.2. The lowest BCUT2D eigenvalue weighted by atomic mass is 10.1. The lowest BCUT2D eigenvalue weighted by Crippen LogP contribution is -2.30. The average molecular weight is 300 g/mol. The molecular weight excluding hydrogens is 280 g/mol. The number of nitrogens with zero attached hydrogens (tertiary/aromatic N) is 1. The topological polar surface area (TPSA) is 60.3 Å². The number of rotatable bonds is 4. The number of aromatic nitrogens is 1. The minimum atomic E-state index is -0.873. The standard InChI is InChI=1S/C17H20N2O3/c1-11-7-8-12(2)14(10-11)18-16(20)13(3)22-17(21)15-6-5-9-19(15)4/h5-10,13H,1-4H3,(H,18,20)/t13-/m1/s1. The number of esters is 1. The fourth-order valence-electron chi connectivity index (χ4n) is 2.05. The Bertz CT molecular complexity index is 704. The Morgan fingerprint density at radius 3 is 2.59 bits per heavy atom. The number of carbonyl (C=O) groups is 2. The first kappa shape index (κ1) is 15.8. The zero-order valence-corrected chi connectivity index (χ0v) is 13.2. The number of benzene rings is 1. The van der Waals surface area contributed by atoms with Crippen molar-refractivity contribution in [2.75, 3.05) is 5.32 Å². The normalized spacial score (nSPS) is 11.8. The van der Waals surface area contributed by atoms with Crippen molar-refractivity contribution in [1.82, 2.24) is 4.57 Å². The van der Waals surface area contributed by atoms with Crippen molar-refractivity contribution in [3.8, 4) is 0 Å². The Morgan fingerprint density at radius 2 is 1.95 bits per heavy atom. The summed E-state index contributed by atoms with van der Waals surface area (Å²) in [4.78, 5) is 24.2. The lowest BCUT2D eigenvalue weighted by Gasteiger charge is -2.15. The highest BCUT2D eigenvalue weighted by Gasteiger charge is 2.20. The maximum Gasteiger partial charge on any atom is 0.355 e. The molecule has 2 rings (SSSR count). The van der Waals surface area contributed by atoms with Gasteiger partial charge in [0.05, 0.1) is 0 Å². The summed E-state index contributed by atoms with van der Waals surface area (Å²) in [5.74, 6) is -0.868. The third-order valence-corrected chi connectivity index (χ3v) is 3.46. The van der Waals surface area contributed by atoms with Crippen LogP contribution in [0.2, 0.25) is 0 Å². The molecule has 0 fully saturated rings. The van der Waals surface area contributed by atoms with Gasteiger partial charge in [-0.2, -0.15) is 0 Å². The van der Waals surface area contributed by atoms with Gasteiger partial charge in [-0.1, -0.05) is 12.1 Å². The largest absolute Gasteiger partial charge is 0.448 e. The molecule has 1 N–H and O–H groups in total. The van der Waals surface area contributed by atoms with Crippen LogP contribution in [0.15, 0.2) is 36.5 Å². The molecule has 1 heterocycles. The number of hydrogen-bond acceptors (Lipinski definition) is 3. The second kappa shape index (κ2) is 6.47. The van der Waals surface area contributed by atoms with Gasteiger partial charge < -0.3 is 14.6 Å². The van der Waals surface area contributed by atoms with E-state index >= 15 is 0 Å². The molecule has 0 unspecified atom stereocenters. The highest BCUT2D eigenvalue weighted by Crippen LogP contribution is 2.17. The molecule has 0 spiro atoms. The molecule has 1 atom stereocenters. The van der Waals surface area contributed by atoms with Crippen molar-refractivity contribution >= 4 is 17.6 Å². The molecule has 0 radical (unpaired) electrons. The molecule has 1 amide bonds. The van der Waals surface area contributed by atoms with Gasteiger partial charge in [-0.05, 0) is 50.1 Å². The summed E-state index contributed by atoms with van der Waals surface area (Å²) in [6, 6.07) is 9.20. The number of carbonyl (C=O) groups excluding carboxylic acids is 2. The van der Waals surface area contributed by atoms with E-state index in [-0.39, 0.29) is 5.91 Å². The van der Waals surface area contributed by atoms with Crippen LogP contribution in [-0.2, 0) is 16.6 Å². The molecule has 0 bridgehead atoms. The number of aryl methyl sites for hydroxylation is 3. The molecule has 2 aromatic rings. The quantitative estimate of drug-likeness (QED) is 0.883. The molecule has 0 saturated carbocycles. The van der Waals surface area contributed by atoms with Gasteiger partial charge in [-0.15, -0.1) is 0 Å². The molecule has 22 heavy (non-hydrogen) atoms. The van der Waals surface area contributed by atoms with Gasteiger partial charge in [-0.3, -0.25) is 4.79 Å². The van der Waals surface area contributed by atoms with E-state index in [0.29, 0.717) is 5.69 Å². The molecular formula is C17H20N2O3. The second-order valence-electron chi connectivity index (χ2n) is 5.36. The predicted molar refractivity (Wildman–Crippen MR) is 84.8 cm³/mol. The number of nitrogens with one attached hydrogen (secondary N) is 1. The van der Waals surface area contributed by atoms with E-state index < -0.39 is 12.1 Å². The lowest BCUT2D eigenvalue weighted by molar-refractivity contribution is -0.123. The number of hydrogen-bond donors (Lipinski definition) is 1. The molecule has 5 nitrogen and oxygen atoms in total. The predicted octanol–water partition coefficient (Wildman–Crippen LogP) is 2.83. The highest BCUT2D eigenvalue weighted by atomic mass is 16.5. The first-order valence-electron chi connectivity index (χ1n) is 7.09. The van der Waals surface area contributed by atoms with E-state index in [2.05, 4.69) is 5.32 Å². The van der Waals surface area contributed by atoms with Crippen LogP contribution in [0, 0.1) is 13.8 Å². The molecule has 0 aliphatic rings. The van der Waals surface area contributed by atoms with Crippen LogP contribution in [0.5, 0.6) is 0 Å². The summed E-state index contributed by atoms with van der Waals surface area (Å²) >= 11 is 0. The number of amides is 1. The third kappa shape index (κ3) is 3.55. The van der Waals surface area contributed by atoms with Gasteiger partial charge >= 0.3 is 5.97 Å². The van der Waals surface area contributed by atoms with Crippen LogP contribution in [0.4, 0.5) is 5.69 Å². The van der Waals surface area contributed by atoms with Gasteiger partial charge in [0.2, 0.25) is 0 Å². The van der Waals surface area contributed by atoms with Crippen molar-refractivity contribution in [2.24, 2.45) is 7.05 Å². The monoisotopic (exact) mass is 300 g/mol. The minimum absolute atomic E-state index is 0.351. The van der Waals surface area contributed by atoms with Crippen molar-refractivity contribution in [2.45, 2.75) is 26.9 Å². The Labute approximate surface area is 129 Å². The maximum absolute atomic E-state index is 12.2. The van der Waals surface area contributed by atoms with Crippen molar-refractivity contribution in [3.63, 3.8) is 0 Å². The summed E-state index contributed by atoms with van der Waals surface area (Å²) in [7, 11) is 1.75. The van der Waals surface area contributed by atoms with Crippen molar-refractivity contribution < 1.29 is 14.3 Å². The summed E-state index contributed by atoms with van der Waals surface area (Å²) in [6.07, 6.45) is 0.875. The molecule has 0 aliphatic heterocycles.